The van der Waals surface area contributed by atoms with E-state index in [4.69, 9.17) is 17.3 Å². The summed E-state index contributed by atoms with van der Waals surface area (Å²) in [6.45, 7) is 1.62. The molecule has 3 N–H and O–H groups in total. The maximum absolute atomic E-state index is 12.5. The Kier molecular flexibility index (Phi) is 4.79. The molecule has 0 radical (unpaired) electrons. The van der Waals surface area contributed by atoms with Gasteiger partial charge in [-0.2, -0.15) is 0 Å². The zero-order valence-corrected chi connectivity index (χ0v) is 12.0. The monoisotopic (exact) mass is 301 g/mol. The maximum atomic E-state index is 12.5. The van der Waals surface area contributed by atoms with Crippen LogP contribution >= 0.6 is 22.9 Å². The summed E-state index contributed by atoms with van der Waals surface area (Å²) in [7, 11) is 0. The average Bonchev–Trinajstić information content (AvgIpc) is 2.82. The zero-order chi connectivity index (χ0) is 13.8. The number of halogens is 1. The second-order valence-corrected chi connectivity index (χ2v) is 5.80. The molecule has 1 aromatic rings. The van der Waals surface area contributed by atoms with Crippen LogP contribution in [0.15, 0.2) is 11.4 Å². The minimum atomic E-state index is -0.500. The number of piperidine rings is 1. The highest BCUT2D eigenvalue weighted by Gasteiger charge is 2.29. The van der Waals surface area contributed by atoms with Crippen molar-refractivity contribution in [3.8, 4) is 0 Å². The molecule has 0 bridgehead atoms. The summed E-state index contributed by atoms with van der Waals surface area (Å²) >= 11 is 7.27. The van der Waals surface area contributed by atoms with Gasteiger partial charge in [0.15, 0.2) is 0 Å². The standard InChI is InChI=1S/C12H16ClN3O2S/c13-9-3-6-19-11(9)12(18)16(7-10(14)17)8-1-4-15-5-2-8/h3,6,8,15H,1-2,4-5,7H2,(H2,14,17). The van der Waals surface area contributed by atoms with Gasteiger partial charge in [0.1, 0.15) is 4.88 Å². The molecule has 1 aliphatic heterocycles. The quantitative estimate of drug-likeness (QED) is 0.874. The number of hydrogen-bond acceptors (Lipinski definition) is 4. The number of carbonyl (C=O) groups excluding carboxylic acids is 2. The number of nitrogens with zero attached hydrogens (tertiary/aromatic N) is 1. The highest BCUT2D eigenvalue weighted by atomic mass is 35.5. The maximum Gasteiger partial charge on any atom is 0.266 e. The fourth-order valence-corrected chi connectivity index (χ4v) is 3.32. The van der Waals surface area contributed by atoms with Crippen molar-refractivity contribution in [2.24, 2.45) is 5.73 Å². The van der Waals surface area contributed by atoms with Crippen LogP contribution in [-0.2, 0) is 4.79 Å². The van der Waals surface area contributed by atoms with Crippen molar-refractivity contribution < 1.29 is 9.59 Å². The second kappa shape index (κ2) is 6.36. The first-order valence-corrected chi connectivity index (χ1v) is 7.38. The molecule has 7 heteroatoms. The number of nitrogens with two attached hydrogens (primary N) is 1. The summed E-state index contributed by atoms with van der Waals surface area (Å²) in [5.41, 5.74) is 5.25. The lowest BCUT2D eigenvalue weighted by Crippen LogP contribution is -2.49. The van der Waals surface area contributed by atoms with E-state index in [0.29, 0.717) is 9.90 Å². The Morgan fingerprint density at radius 3 is 2.68 bits per heavy atom. The van der Waals surface area contributed by atoms with Gasteiger partial charge in [-0.15, -0.1) is 11.3 Å². The molecule has 0 aliphatic carbocycles. The first kappa shape index (κ1) is 14.3. The third-order valence-corrected chi connectivity index (χ3v) is 4.48. The van der Waals surface area contributed by atoms with E-state index in [2.05, 4.69) is 5.32 Å². The van der Waals surface area contributed by atoms with Crippen LogP contribution in [0.3, 0.4) is 0 Å². The van der Waals surface area contributed by atoms with E-state index >= 15 is 0 Å². The SMILES string of the molecule is NC(=O)CN(C(=O)c1sccc1Cl)C1CCNCC1. The van der Waals surface area contributed by atoms with Crippen molar-refractivity contribution in [2.45, 2.75) is 18.9 Å². The van der Waals surface area contributed by atoms with Gasteiger partial charge in [-0.05, 0) is 37.4 Å². The van der Waals surface area contributed by atoms with Crippen LogP contribution in [0.25, 0.3) is 0 Å². The third kappa shape index (κ3) is 3.46. The summed E-state index contributed by atoms with van der Waals surface area (Å²) < 4.78 is 0. The lowest BCUT2D eigenvalue weighted by molar-refractivity contribution is -0.119. The molecule has 19 heavy (non-hydrogen) atoms. The first-order valence-electron chi connectivity index (χ1n) is 6.12. The molecule has 0 unspecified atom stereocenters. The Hall–Kier alpha value is -1.11. The summed E-state index contributed by atoms with van der Waals surface area (Å²) in [6.07, 6.45) is 1.64. The Balaban J connectivity index is 2.19. The van der Waals surface area contributed by atoms with Gasteiger partial charge in [0.05, 0.1) is 11.6 Å². The Morgan fingerprint density at radius 1 is 1.47 bits per heavy atom. The van der Waals surface area contributed by atoms with Crippen LogP contribution in [-0.4, -0.2) is 42.4 Å². The molecule has 1 aliphatic rings. The lowest BCUT2D eigenvalue weighted by atomic mass is 10.0. The second-order valence-electron chi connectivity index (χ2n) is 4.48. The Labute approximate surface area is 120 Å². The number of thiophene rings is 1. The lowest BCUT2D eigenvalue weighted by Gasteiger charge is -2.33. The molecule has 0 aromatic carbocycles. The van der Waals surface area contributed by atoms with Crippen molar-refractivity contribution in [1.29, 1.82) is 0 Å². The smallest absolute Gasteiger partial charge is 0.266 e. The van der Waals surface area contributed by atoms with Gasteiger partial charge in [0.2, 0.25) is 5.91 Å². The van der Waals surface area contributed by atoms with Gasteiger partial charge in [-0.25, -0.2) is 0 Å². The molecule has 0 saturated carbocycles. The van der Waals surface area contributed by atoms with Crippen molar-refractivity contribution >= 4 is 34.8 Å². The van der Waals surface area contributed by atoms with Crippen molar-refractivity contribution in [3.63, 3.8) is 0 Å². The molecular formula is C12H16ClN3O2S. The fraction of sp³-hybridized carbons (Fsp3) is 0.500. The molecule has 2 rings (SSSR count). The average molecular weight is 302 g/mol. The number of amides is 2. The van der Waals surface area contributed by atoms with Crippen molar-refractivity contribution in [1.82, 2.24) is 10.2 Å². The summed E-state index contributed by atoms with van der Waals surface area (Å²) in [5, 5.41) is 5.42. The molecule has 104 valence electrons. The van der Waals surface area contributed by atoms with E-state index in [1.807, 2.05) is 0 Å². The first-order chi connectivity index (χ1) is 9.09. The van der Waals surface area contributed by atoms with Gasteiger partial charge < -0.3 is 16.0 Å². The molecule has 1 saturated heterocycles. The van der Waals surface area contributed by atoms with Gasteiger partial charge in [-0.3, -0.25) is 9.59 Å². The summed E-state index contributed by atoms with van der Waals surface area (Å²) in [4.78, 5) is 25.7. The van der Waals surface area contributed by atoms with Crippen LogP contribution in [0.5, 0.6) is 0 Å². The number of carbonyl (C=O) groups is 2. The van der Waals surface area contributed by atoms with Gasteiger partial charge in [0.25, 0.3) is 5.91 Å². The van der Waals surface area contributed by atoms with Gasteiger partial charge >= 0.3 is 0 Å². The van der Waals surface area contributed by atoms with Crippen molar-refractivity contribution in [2.75, 3.05) is 19.6 Å². The van der Waals surface area contributed by atoms with Gasteiger partial charge in [0, 0.05) is 6.04 Å². The topological polar surface area (TPSA) is 75.4 Å². The number of primary amides is 1. The van der Waals surface area contributed by atoms with E-state index in [0.717, 1.165) is 25.9 Å². The molecule has 2 heterocycles. The molecular weight excluding hydrogens is 286 g/mol. The number of nitrogens with one attached hydrogen (secondary N) is 1. The molecule has 5 nitrogen and oxygen atoms in total. The number of rotatable bonds is 4. The van der Waals surface area contributed by atoms with E-state index < -0.39 is 5.91 Å². The Morgan fingerprint density at radius 2 is 2.16 bits per heavy atom. The fourth-order valence-electron chi connectivity index (χ4n) is 2.23. The predicted octanol–water partition coefficient (Wildman–Crippen LogP) is 1.08. The highest BCUT2D eigenvalue weighted by molar-refractivity contribution is 7.12. The molecule has 1 aromatic heterocycles. The largest absolute Gasteiger partial charge is 0.368 e. The third-order valence-electron chi connectivity index (χ3n) is 3.15. The van der Waals surface area contributed by atoms with Crippen LogP contribution in [0, 0.1) is 0 Å². The molecule has 0 spiro atoms. The number of hydrogen-bond donors (Lipinski definition) is 2. The molecule has 2 amide bonds. The zero-order valence-electron chi connectivity index (χ0n) is 10.4. The normalized spacial score (nSPS) is 16.3. The summed E-state index contributed by atoms with van der Waals surface area (Å²) in [6, 6.07) is 1.73. The van der Waals surface area contributed by atoms with Crippen LogP contribution in [0.4, 0.5) is 0 Å². The molecule has 0 atom stereocenters. The predicted molar refractivity (Wildman–Crippen MR) is 75.5 cm³/mol. The van der Waals surface area contributed by atoms with E-state index in [9.17, 15) is 9.59 Å². The summed E-state index contributed by atoms with van der Waals surface area (Å²) in [5.74, 6) is -0.703. The van der Waals surface area contributed by atoms with Crippen LogP contribution in [0.1, 0.15) is 22.5 Å². The highest BCUT2D eigenvalue weighted by Crippen LogP contribution is 2.25. The minimum absolute atomic E-state index is 0.0411. The Bertz CT molecular complexity index is 471. The van der Waals surface area contributed by atoms with E-state index in [-0.39, 0.29) is 18.5 Å². The van der Waals surface area contributed by atoms with Crippen LogP contribution < -0.4 is 11.1 Å². The van der Waals surface area contributed by atoms with E-state index in [1.165, 1.54) is 11.3 Å². The van der Waals surface area contributed by atoms with Gasteiger partial charge in [-0.1, -0.05) is 11.6 Å². The van der Waals surface area contributed by atoms with E-state index in [1.54, 1.807) is 16.3 Å². The van der Waals surface area contributed by atoms with Crippen LogP contribution in [0.2, 0.25) is 5.02 Å². The minimum Gasteiger partial charge on any atom is -0.368 e. The van der Waals surface area contributed by atoms with Crippen molar-refractivity contribution in [3.05, 3.63) is 21.3 Å². The molecule has 1 fully saturated rings.